The van der Waals surface area contributed by atoms with E-state index in [0.29, 0.717) is 0 Å². The van der Waals surface area contributed by atoms with E-state index in [-0.39, 0.29) is 12.5 Å². The van der Waals surface area contributed by atoms with Gasteiger partial charge in [-0.15, -0.1) is 0 Å². The Balaban J connectivity index is 1.74. The third-order valence-corrected chi connectivity index (χ3v) is 4.15. The lowest BCUT2D eigenvalue weighted by Crippen LogP contribution is -2.31. The molecule has 6 nitrogen and oxygen atoms in total. The first-order valence-corrected chi connectivity index (χ1v) is 9.06. The molecule has 0 spiro atoms. The molecular formula is C23H21N3O3. The zero-order valence-electron chi connectivity index (χ0n) is 15.7. The molecule has 0 aliphatic rings. The van der Waals surface area contributed by atoms with Crippen molar-refractivity contribution < 1.29 is 14.8 Å². The van der Waals surface area contributed by atoms with Gasteiger partial charge in [-0.25, -0.2) is 5.48 Å². The van der Waals surface area contributed by atoms with Crippen LogP contribution in [0, 0.1) is 0 Å². The van der Waals surface area contributed by atoms with Gasteiger partial charge in [-0.05, 0) is 48.0 Å². The molecule has 0 aliphatic carbocycles. The quantitative estimate of drug-likeness (QED) is 0.325. The number of carbonyl (C=O) groups excluding carboxylic acids is 2. The highest BCUT2D eigenvalue weighted by molar-refractivity contribution is 6.02. The minimum atomic E-state index is -0.611. The fourth-order valence-electron chi connectivity index (χ4n) is 2.81. The van der Waals surface area contributed by atoms with Gasteiger partial charge in [0.15, 0.2) is 0 Å². The van der Waals surface area contributed by atoms with Crippen LogP contribution in [0.1, 0.15) is 5.56 Å². The highest BCUT2D eigenvalue weighted by Crippen LogP contribution is 2.25. The zero-order valence-corrected chi connectivity index (χ0v) is 15.7. The minimum Gasteiger partial charge on any atom is -0.376 e. The standard InChI is InChI=1S/C23H21N3O3/c27-22(25-29)15-14-18-8-7-9-19(16-18)24-17-23(28)26(20-10-3-1-4-11-20)21-12-5-2-6-13-21/h1-16,24,29H,17H2,(H,25,27). The second-order valence-electron chi connectivity index (χ2n) is 6.19. The van der Waals surface area contributed by atoms with Gasteiger partial charge in [-0.2, -0.15) is 0 Å². The summed E-state index contributed by atoms with van der Waals surface area (Å²) >= 11 is 0. The number of carbonyl (C=O) groups is 2. The Bertz CT molecular complexity index is 949. The Morgan fingerprint density at radius 1 is 0.862 bits per heavy atom. The number of nitrogens with zero attached hydrogens (tertiary/aromatic N) is 1. The van der Waals surface area contributed by atoms with E-state index < -0.39 is 5.91 Å². The van der Waals surface area contributed by atoms with Crippen LogP contribution in [0.5, 0.6) is 0 Å². The number of para-hydroxylation sites is 2. The number of hydroxylamine groups is 1. The number of rotatable bonds is 7. The summed E-state index contributed by atoms with van der Waals surface area (Å²) < 4.78 is 0. The molecule has 29 heavy (non-hydrogen) atoms. The predicted octanol–water partition coefficient (Wildman–Crippen LogP) is 3.98. The Morgan fingerprint density at radius 2 is 1.48 bits per heavy atom. The Morgan fingerprint density at radius 3 is 2.07 bits per heavy atom. The number of hydrogen-bond donors (Lipinski definition) is 3. The predicted molar refractivity (Wildman–Crippen MR) is 114 cm³/mol. The van der Waals surface area contributed by atoms with Gasteiger partial charge < -0.3 is 5.32 Å². The molecule has 0 aromatic heterocycles. The van der Waals surface area contributed by atoms with E-state index in [1.807, 2.05) is 84.9 Å². The number of nitrogens with one attached hydrogen (secondary N) is 2. The van der Waals surface area contributed by atoms with Crippen molar-refractivity contribution in [2.24, 2.45) is 0 Å². The van der Waals surface area contributed by atoms with Crippen LogP contribution in [0.25, 0.3) is 6.08 Å². The van der Waals surface area contributed by atoms with E-state index in [1.54, 1.807) is 16.5 Å². The Labute approximate surface area is 169 Å². The fourth-order valence-corrected chi connectivity index (χ4v) is 2.81. The van der Waals surface area contributed by atoms with Crippen LogP contribution in [0.15, 0.2) is 91.0 Å². The highest BCUT2D eigenvalue weighted by Gasteiger charge is 2.17. The second-order valence-corrected chi connectivity index (χ2v) is 6.19. The summed E-state index contributed by atoms with van der Waals surface area (Å²) in [7, 11) is 0. The molecule has 0 saturated carbocycles. The van der Waals surface area contributed by atoms with Crippen LogP contribution < -0.4 is 15.7 Å². The van der Waals surface area contributed by atoms with Crippen molar-refractivity contribution in [1.29, 1.82) is 0 Å². The fraction of sp³-hybridized carbons (Fsp3) is 0.0435. The van der Waals surface area contributed by atoms with E-state index in [1.165, 1.54) is 6.08 Å². The smallest absolute Gasteiger partial charge is 0.267 e. The molecule has 3 rings (SSSR count). The van der Waals surface area contributed by atoms with Crippen LogP contribution in [-0.4, -0.2) is 23.6 Å². The van der Waals surface area contributed by atoms with Gasteiger partial charge in [0.05, 0.1) is 6.54 Å². The minimum absolute atomic E-state index is 0.0914. The lowest BCUT2D eigenvalue weighted by molar-refractivity contribution is -0.124. The van der Waals surface area contributed by atoms with Gasteiger partial charge in [0, 0.05) is 23.1 Å². The van der Waals surface area contributed by atoms with E-state index in [9.17, 15) is 9.59 Å². The van der Waals surface area contributed by atoms with E-state index >= 15 is 0 Å². The molecule has 0 unspecified atom stereocenters. The maximum absolute atomic E-state index is 13.0. The molecular weight excluding hydrogens is 366 g/mol. The van der Waals surface area contributed by atoms with E-state index in [2.05, 4.69) is 5.32 Å². The summed E-state index contributed by atoms with van der Waals surface area (Å²) in [5, 5.41) is 11.7. The average molecular weight is 387 g/mol. The maximum atomic E-state index is 13.0. The number of anilines is 3. The Kier molecular flexibility index (Phi) is 6.75. The van der Waals surface area contributed by atoms with Crippen LogP contribution in [0.4, 0.5) is 17.1 Å². The van der Waals surface area contributed by atoms with Gasteiger partial charge in [0.1, 0.15) is 0 Å². The first-order chi connectivity index (χ1) is 14.2. The van der Waals surface area contributed by atoms with E-state index in [0.717, 1.165) is 22.6 Å². The SMILES string of the molecule is O=C(C=Cc1cccc(NCC(=O)N(c2ccccc2)c2ccccc2)c1)NO. The second kappa shape index (κ2) is 9.87. The summed E-state index contributed by atoms with van der Waals surface area (Å²) in [6.45, 7) is 0.0914. The Hall–Kier alpha value is -3.90. The summed E-state index contributed by atoms with van der Waals surface area (Å²) in [6, 6.07) is 26.2. The number of benzene rings is 3. The number of amides is 2. The molecule has 6 heteroatoms. The molecule has 0 radical (unpaired) electrons. The molecule has 0 heterocycles. The first kappa shape index (κ1) is 19.9. The van der Waals surface area contributed by atoms with Gasteiger partial charge in [0.2, 0.25) is 0 Å². The van der Waals surface area contributed by atoms with Crippen LogP contribution >= 0.6 is 0 Å². The van der Waals surface area contributed by atoms with Crippen molar-refractivity contribution in [3.8, 4) is 0 Å². The highest BCUT2D eigenvalue weighted by atomic mass is 16.5. The van der Waals surface area contributed by atoms with Crippen molar-refractivity contribution in [2.75, 3.05) is 16.8 Å². The first-order valence-electron chi connectivity index (χ1n) is 9.06. The summed E-state index contributed by atoms with van der Waals surface area (Å²) in [5.74, 6) is -0.720. The van der Waals surface area contributed by atoms with E-state index in [4.69, 9.17) is 5.21 Å². The summed E-state index contributed by atoms with van der Waals surface area (Å²) in [6.07, 6.45) is 2.79. The molecule has 0 saturated heterocycles. The van der Waals surface area contributed by atoms with Crippen LogP contribution in [0.3, 0.4) is 0 Å². The van der Waals surface area contributed by atoms with Gasteiger partial charge in [-0.1, -0.05) is 48.5 Å². The molecule has 2 amide bonds. The number of hydrogen-bond acceptors (Lipinski definition) is 4. The molecule has 0 fully saturated rings. The molecule has 0 atom stereocenters. The van der Waals surface area contributed by atoms with Crippen LogP contribution in [-0.2, 0) is 9.59 Å². The summed E-state index contributed by atoms with van der Waals surface area (Å²) in [5.41, 5.74) is 4.62. The average Bonchev–Trinajstić information content (AvgIpc) is 2.78. The third-order valence-electron chi connectivity index (χ3n) is 4.15. The van der Waals surface area contributed by atoms with Gasteiger partial charge >= 0.3 is 0 Å². The molecule has 0 aliphatic heterocycles. The lowest BCUT2D eigenvalue weighted by Gasteiger charge is -2.23. The van der Waals surface area contributed by atoms with Crippen molar-refractivity contribution >= 4 is 35.0 Å². The van der Waals surface area contributed by atoms with Gasteiger partial charge in [-0.3, -0.25) is 19.7 Å². The third kappa shape index (κ3) is 5.54. The molecule has 146 valence electrons. The van der Waals surface area contributed by atoms with Crippen molar-refractivity contribution in [2.45, 2.75) is 0 Å². The molecule has 3 aromatic carbocycles. The van der Waals surface area contributed by atoms with Gasteiger partial charge in [0.25, 0.3) is 11.8 Å². The zero-order chi connectivity index (χ0) is 20.5. The normalized spacial score (nSPS) is 10.5. The van der Waals surface area contributed by atoms with Crippen molar-refractivity contribution in [3.05, 3.63) is 96.6 Å². The molecule has 3 N–H and O–H groups in total. The van der Waals surface area contributed by atoms with Crippen LogP contribution in [0.2, 0.25) is 0 Å². The van der Waals surface area contributed by atoms with Crippen molar-refractivity contribution in [3.63, 3.8) is 0 Å². The molecule has 3 aromatic rings. The monoisotopic (exact) mass is 387 g/mol. The lowest BCUT2D eigenvalue weighted by atomic mass is 10.2. The summed E-state index contributed by atoms with van der Waals surface area (Å²) in [4.78, 5) is 25.8. The van der Waals surface area contributed by atoms with Crippen molar-refractivity contribution in [1.82, 2.24) is 5.48 Å². The topological polar surface area (TPSA) is 81.7 Å². The molecule has 0 bridgehead atoms. The largest absolute Gasteiger partial charge is 0.376 e. The maximum Gasteiger partial charge on any atom is 0.267 e.